The number of aryl methyl sites for hydroxylation is 1. The van der Waals surface area contributed by atoms with E-state index in [-0.39, 0.29) is 29.8 Å². The summed E-state index contributed by atoms with van der Waals surface area (Å²) in [4.78, 5) is 23.0. The molecule has 5 nitrogen and oxygen atoms in total. The minimum atomic E-state index is -0.750. The van der Waals surface area contributed by atoms with Crippen LogP contribution in [-0.2, 0) is 14.3 Å². The molecule has 7 heteroatoms. The number of carbonyl (C=O) groups is 2. The molecule has 0 aliphatic carbocycles. The smallest absolute Gasteiger partial charge is 0.323 e. The van der Waals surface area contributed by atoms with Gasteiger partial charge in [0.25, 0.3) is 0 Å². The quantitative estimate of drug-likeness (QED) is 0.749. The summed E-state index contributed by atoms with van der Waals surface area (Å²) in [6, 6.07) is 3.74. The molecule has 0 aliphatic rings. The topological polar surface area (TPSA) is 81.4 Å². The van der Waals surface area contributed by atoms with E-state index in [0.29, 0.717) is 11.3 Å². The molecule has 0 fully saturated rings. The summed E-state index contributed by atoms with van der Waals surface area (Å²) in [7, 11) is 0. The molecule has 1 rings (SSSR count). The first-order chi connectivity index (χ1) is 9.93. The molecule has 0 bridgehead atoms. The van der Waals surface area contributed by atoms with Crippen molar-refractivity contribution in [2.75, 3.05) is 23.4 Å². The van der Waals surface area contributed by atoms with E-state index >= 15 is 0 Å². The normalized spacial score (nSPS) is 11.8. The third kappa shape index (κ3) is 6.14. The maximum absolute atomic E-state index is 13.3. The van der Waals surface area contributed by atoms with E-state index in [1.807, 2.05) is 0 Å². The lowest BCUT2D eigenvalue weighted by molar-refractivity contribution is -0.144. The molecule has 3 N–H and O–H groups in total. The van der Waals surface area contributed by atoms with Crippen LogP contribution in [0.1, 0.15) is 12.5 Å². The van der Waals surface area contributed by atoms with Crippen LogP contribution in [0.4, 0.5) is 10.1 Å². The molecule has 0 aromatic heterocycles. The number of nitrogens with one attached hydrogen (secondary N) is 1. The number of hydrogen-bond donors (Lipinski definition) is 2. The summed E-state index contributed by atoms with van der Waals surface area (Å²) in [6.45, 7) is 3.62. The highest BCUT2D eigenvalue weighted by molar-refractivity contribution is 8.00. The SMILES string of the molecule is CCOC(=O)C(N)CSCC(=O)Nc1ccc(C)c(F)c1. The van der Waals surface area contributed by atoms with Crippen LogP contribution in [0, 0.1) is 12.7 Å². The number of ether oxygens (including phenoxy) is 1. The third-order valence-corrected chi connectivity index (χ3v) is 3.64. The average molecular weight is 314 g/mol. The summed E-state index contributed by atoms with van der Waals surface area (Å²) in [5.41, 5.74) is 6.52. The van der Waals surface area contributed by atoms with Crippen LogP contribution in [0.3, 0.4) is 0 Å². The van der Waals surface area contributed by atoms with E-state index in [4.69, 9.17) is 10.5 Å². The first-order valence-electron chi connectivity index (χ1n) is 6.50. The predicted molar refractivity (Wildman–Crippen MR) is 81.7 cm³/mol. The number of hydrogen-bond acceptors (Lipinski definition) is 5. The van der Waals surface area contributed by atoms with Crippen molar-refractivity contribution < 1.29 is 18.7 Å². The van der Waals surface area contributed by atoms with Crippen molar-refractivity contribution in [3.8, 4) is 0 Å². The molecule has 21 heavy (non-hydrogen) atoms. The molecule has 1 amide bonds. The van der Waals surface area contributed by atoms with Gasteiger partial charge < -0.3 is 15.8 Å². The van der Waals surface area contributed by atoms with E-state index in [1.54, 1.807) is 26.0 Å². The van der Waals surface area contributed by atoms with Crippen molar-refractivity contribution in [3.63, 3.8) is 0 Å². The standard InChI is InChI=1S/C14H19FN2O3S/c1-3-20-14(19)12(16)7-21-8-13(18)17-10-5-4-9(2)11(15)6-10/h4-6,12H,3,7-8,16H2,1-2H3,(H,17,18). The van der Waals surface area contributed by atoms with Gasteiger partial charge in [0.05, 0.1) is 12.4 Å². The lowest BCUT2D eigenvalue weighted by Crippen LogP contribution is -2.35. The maximum Gasteiger partial charge on any atom is 0.323 e. The molecule has 0 heterocycles. The number of benzene rings is 1. The van der Waals surface area contributed by atoms with Gasteiger partial charge in [-0.05, 0) is 31.5 Å². The first-order valence-corrected chi connectivity index (χ1v) is 7.65. The number of thioether (sulfide) groups is 1. The summed E-state index contributed by atoms with van der Waals surface area (Å²) in [6.07, 6.45) is 0. The molecule has 0 saturated carbocycles. The Morgan fingerprint density at radius 3 is 2.81 bits per heavy atom. The molecule has 0 saturated heterocycles. The monoisotopic (exact) mass is 314 g/mol. The number of anilines is 1. The van der Waals surface area contributed by atoms with Crippen molar-refractivity contribution in [2.45, 2.75) is 19.9 Å². The van der Waals surface area contributed by atoms with Crippen LogP contribution in [-0.4, -0.2) is 36.0 Å². The second-order valence-corrected chi connectivity index (χ2v) is 5.42. The summed E-state index contributed by atoms with van der Waals surface area (Å²) in [5, 5.41) is 2.58. The van der Waals surface area contributed by atoms with Crippen LogP contribution < -0.4 is 11.1 Å². The van der Waals surface area contributed by atoms with Crippen LogP contribution in [0.5, 0.6) is 0 Å². The Bertz CT molecular complexity index is 511. The zero-order valence-electron chi connectivity index (χ0n) is 12.0. The summed E-state index contributed by atoms with van der Waals surface area (Å²) >= 11 is 1.22. The molecule has 0 spiro atoms. The lowest BCUT2D eigenvalue weighted by Gasteiger charge is -2.10. The largest absolute Gasteiger partial charge is 0.465 e. The van der Waals surface area contributed by atoms with Crippen LogP contribution in [0.25, 0.3) is 0 Å². The number of rotatable bonds is 7. The zero-order valence-corrected chi connectivity index (χ0v) is 12.8. The Labute approximate surface area is 127 Å². The second-order valence-electron chi connectivity index (χ2n) is 4.39. The van der Waals surface area contributed by atoms with Gasteiger partial charge in [0.2, 0.25) is 5.91 Å². The highest BCUT2D eigenvalue weighted by Crippen LogP contribution is 2.14. The van der Waals surface area contributed by atoms with E-state index in [1.165, 1.54) is 17.8 Å². The van der Waals surface area contributed by atoms with Crippen LogP contribution in [0.2, 0.25) is 0 Å². The number of nitrogens with two attached hydrogens (primary N) is 1. The zero-order chi connectivity index (χ0) is 15.8. The van der Waals surface area contributed by atoms with Gasteiger partial charge in [-0.1, -0.05) is 6.07 Å². The second kappa shape index (κ2) is 8.63. The van der Waals surface area contributed by atoms with Crippen LogP contribution >= 0.6 is 11.8 Å². The highest BCUT2D eigenvalue weighted by atomic mass is 32.2. The van der Waals surface area contributed by atoms with Crippen molar-refractivity contribution in [2.24, 2.45) is 5.73 Å². The minimum absolute atomic E-state index is 0.128. The Morgan fingerprint density at radius 2 is 2.19 bits per heavy atom. The Balaban J connectivity index is 2.34. The van der Waals surface area contributed by atoms with Crippen LogP contribution in [0.15, 0.2) is 18.2 Å². The van der Waals surface area contributed by atoms with Crippen molar-refractivity contribution >= 4 is 29.3 Å². The van der Waals surface area contributed by atoms with Gasteiger partial charge in [-0.15, -0.1) is 11.8 Å². The third-order valence-electron chi connectivity index (χ3n) is 2.58. The number of esters is 1. The van der Waals surface area contributed by atoms with Crippen molar-refractivity contribution in [3.05, 3.63) is 29.6 Å². The van der Waals surface area contributed by atoms with Gasteiger partial charge in [0.1, 0.15) is 11.9 Å². The van der Waals surface area contributed by atoms with Crippen molar-refractivity contribution in [1.82, 2.24) is 0 Å². The van der Waals surface area contributed by atoms with Crippen molar-refractivity contribution in [1.29, 1.82) is 0 Å². The molecule has 1 unspecified atom stereocenters. The molecule has 116 valence electrons. The molecule has 1 aromatic carbocycles. The van der Waals surface area contributed by atoms with Gasteiger partial charge in [-0.2, -0.15) is 0 Å². The predicted octanol–water partition coefficient (Wildman–Crippen LogP) is 1.70. The van der Waals surface area contributed by atoms with E-state index in [0.717, 1.165) is 0 Å². The number of halogens is 1. The van der Waals surface area contributed by atoms with E-state index < -0.39 is 12.0 Å². The molecule has 1 atom stereocenters. The van der Waals surface area contributed by atoms with Gasteiger partial charge in [0.15, 0.2) is 0 Å². The molecule has 0 aliphatic heterocycles. The van der Waals surface area contributed by atoms with Gasteiger partial charge in [0, 0.05) is 11.4 Å². The van der Waals surface area contributed by atoms with Gasteiger partial charge in [-0.3, -0.25) is 9.59 Å². The molecular weight excluding hydrogens is 295 g/mol. The lowest BCUT2D eigenvalue weighted by atomic mass is 10.2. The van der Waals surface area contributed by atoms with E-state index in [9.17, 15) is 14.0 Å². The molecular formula is C14H19FN2O3S. The molecule has 1 aromatic rings. The Morgan fingerprint density at radius 1 is 1.48 bits per heavy atom. The van der Waals surface area contributed by atoms with Gasteiger partial charge >= 0.3 is 5.97 Å². The summed E-state index contributed by atoms with van der Waals surface area (Å²) < 4.78 is 18.1. The maximum atomic E-state index is 13.3. The fourth-order valence-corrected chi connectivity index (χ4v) is 2.23. The van der Waals surface area contributed by atoms with E-state index in [2.05, 4.69) is 5.32 Å². The number of carbonyl (C=O) groups excluding carboxylic acids is 2. The number of amides is 1. The summed E-state index contributed by atoms with van der Waals surface area (Å²) in [5.74, 6) is -0.716. The molecule has 0 radical (unpaired) electrons. The Hall–Kier alpha value is -1.60. The fourth-order valence-electron chi connectivity index (χ4n) is 1.46. The minimum Gasteiger partial charge on any atom is -0.465 e. The first kappa shape index (κ1) is 17.5. The fraction of sp³-hybridized carbons (Fsp3) is 0.429. The average Bonchev–Trinajstić information content (AvgIpc) is 2.43. The highest BCUT2D eigenvalue weighted by Gasteiger charge is 2.15. The van der Waals surface area contributed by atoms with Gasteiger partial charge in [-0.25, -0.2) is 4.39 Å². The Kier molecular flexibility index (Phi) is 7.18.